The third-order valence-corrected chi connectivity index (χ3v) is 4.67. The summed E-state index contributed by atoms with van der Waals surface area (Å²) in [5.74, 6) is 1.45. The molecule has 0 aliphatic carbocycles. The third-order valence-electron chi connectivity index (χ3n) is 4.67. The van der Waals surface area contributed by atoms with Crippen LogP contribution in [0.2, 0.25) is 0 Å². The predicted molar refractivity (Wildman–Crippen MR) is 124 cm³/mol. The van der Waals surface area contributed by atoms with Crippen molar-refractivity contribution in [3.05, 3.63) is 23.9 Å². The van der Waals surface area contributed by atoms with Crippen LogP contribution in [-0.2, 0) is 16.0 Å². The molecule has 0 bridgehead atoms. The SMILES string of the molecule is COCCOc1ncccc1CNC1=NCC2CN(C(=O)OC(C)(C)C)CCN12.I. The fourth-order valence-corrected chi connectivity index (χ4v) is 3.31. The van der Waals surface area contributed by atoms with E-state index in [4.69, 9.17) is 14.2 Å². The molecule has 1 unspecified atom stereocenters. The van der Waals surface area contributed by atoms with Gasteiger partial charge in [-0.1, -0.05) is 6.07 Å². The molecule has 0 spiro atoms. The lowest BCUT2D eigenvalue weighted by Crippen LogP contribution is -2.57. The molecule has 3 heterocycles. The van der Waals surface area contributed by atoms with Crippen LogP contribution in [0.15, 0.2) is 23.3 Å². The molecular weight excluding hydrogens is 501 g/mol. The number of piperazine rings is 1. The zero-order valence-electron chi connectivity index (χ0n) is 18.1. The van der Waals surface area contributed by atoms with Gasteiger partial charge in [-0.3, -0.25) is 4.99 Å². The van der Waals surface area contributed by atoms with Gasteiger partial charge in [-0.2, -0.15) is 0 Å². The molecule has 9 nitrogen and oxygen atoms in total. The van der Waals surface area contributed by atoms with Gasteiger partial charge < -0.3 is 29.3 Å². The van der Waals surface area contributed by atoms with Crippen molar-refractivity contribution in [3.8, 4) is 5.88 Å². The van der Waals surface area contributed by atoms with Gasteiger partial charge in [0.05, 0.1) is 19.2 Å². The van der Waals surface area contributed by atoms with Crippen LogP contribution in [-0.4, -0.2) is 85.0 Å². The number of hydrogen-bond donors (Lipinski definition) is 1. The molecule has 1 atom stereocenters. The molecule has 1 aromatic rings. The number of fused-ring (bicyclic) bond motifs is 1. The van der Waals surface area contributed by atoms with Crippen LogP contribution in [0.5, 0.6) is 5.88 Å². The van der Waals surface area contributed by atoms with Gasteiger partial charge in [0, 0.05) is 45.0 Å². The van der Waals surface area contributed by atoms with Gasteiger partial charge in [0.1, 0.15) is 12.2 Å². The number of nitrogens with one attached hydrogen (secondary N) is 1. The van der Waals surface area contributed by atoms with Gasteiger partial charge in [-0.15, -0.1) is 24.0 Å². The Morgan fingerprint density at radius 3 is 2.83 bits per heavy atom. The predicted octanol–water partition coefficient (Wildman–Crippen LogP) is 2.11. The number of pyridine rings is 1. The maximum atomic E-state index is 12.3. The van der Waals surface area contributed by atoms with E-state index in [1.54, 1.807) is 18.2 Å². The van der Waals surface area contributed by atoms with E-state index >= 15 is 0 Å². The number of halogens is 1. The maximum absolute atomic E-state index is 12.3. The molecule has 2 aliphatic heterocycles. The first-order valence-electron chi connectivity index (χ1n) is 9.96. The number of hydrogen-bond acceptors (Lipinski definition) is 8. The summed E-state index contributed by atoms with van der Waals surface area (Å²) in [6, 6.07) is 4.04. The minimum Gasteiger partial charge on any atom is -0.475 e. The summed E-state index contributed by atoms with van der Waals surface area (Å²) in [6.07, 6.45) is 1.46. The summed E-state index contributed by atoms with van der Waals surface area (Å²) in [5, 5.41) is 3.40. The summed E-state index contributed by atoms with van der Waals surface area (Å²) in [7, 11) is 1.64. The molecule has 3 rings (SSSR count). The number of guanidine groups is 1. The number of ether oxygens (including phenoxy) is 3. The minimum absolute atomic E-state index is 0. The number of aromatic nitrogens is 1. The molecule has 30 heavy (non-hydrogen) atoms. The Bertz CT molecular complexity index is 740. The Labute approximate surface area is 195 Å². The zero-order chi connectivity index (χ0) is 20.9. The first-order chi connectivity index (χ1) is 13.9. The molecular formula is C20H32IN5O4. The van der Waals surface area contributed by atoms with E-state index < -0.39 is 5.60 Å². The number of nitrogens with zero attached hydrogens (tertiary/aromatic N) is 4. The standard InChI is InChI=1S/C20H31N5O4.HI/c1-20(2,3)29-19(26)24-8-9-25-16(14-24)13-23-18(25)22-12-15-6-5-7-21-17(15)28-11-10-27-4;/h5-7,16H,8-14H2,1-4H3,(H,22,23);1H. The molecule has 1 N–H and O–H groups in total. The van der Waals surface area contributed by atoms with Crippen LogP contribution in [0.3, 0.4) is 0 Å². The van der Waals surface area contributed by atoms with E-state index in [9.17, 15) is 4.79 Å². The van der Waals surface area contributed by atoms with E-state index in [1.165, 1.54) is 0 Å². The number of amides is 1. The van der Waals surface area contributed by atoms with E-state index in [-0.39, 0.29) is 36.1 Å². The second kappa shape index (κ2) is 11.0. The van der Waals surface area contributed by atoms with Crippen LogP contribution in [0.1, 0.15) is 26.3 Å². The average molecular weight is 533 g/mol. The highest BCUT2D eigenvalue weighted by Gasteiger charge is 2.36. The Balaban J connectivity index is 0.00000320. The lowest BCUT2D eigenvalue weighted by Gasteiger charge is -2.39. The van der Waals surface area contributed by atoms with Crippen molar-refractivity contribution < 1.29 is 19.0 Å². The van der Waals surface area contributed by atoms with Crippen molar-refractivity contribution in [2.45, 2.75) is 39.0 Å². The first kappa shape index (κ1) is 24.4. The number of carbonyl (C=O) groups is 1. The highest BCUT2D eigenvalue weighted by molar-refractivity contribution is 14.0. The molecule has 1 saturated heterocycles. The third kappa shape index (κ3) is 6.59. The monoisotopic (exact) mass is 533 g/mol. The van der Waals surface area contributed by atoms with Crippen molar-refractivity contribution in [1.29, 1.82) is 0 Å². The topological polar surface area (TPSA) is 88.5 Å². The lowest BCUT2D eigenvalue weighted by atomic mass is 10.2. The second-order valence-corrected chi connectivity index (χ2v) is 8.10. The molecule has 1 amide bonds. The van der Waals surface area contributed by atoms with Crippen LogP contribution < -0.4 is 10.1 Å². The number of aliphatic imine (C=N–C) groups is 1. The highest BCUT2D eigenvalue weighted by Crippen LogP contribution is 2.20. The summed E-state index contributed by atoms with van der Waals surface area (Å²) in [4.78, 5) is 25.3. The van der Waals surface area contributed by atoms with Gasteiger partial charge in [-0.05, 0) is 26.8 Å². The molecule has 1 fully saturated rings. The largest absolute Gasteiger partial charge is 0.475 e. The van der Waals surface area contributed by atoms with Gasteiger partial charge >= 0.3 is 6.09 Å². The lowest BCUT2D eigenvalue weighted by molar-refractivity contribution is 0.0137. The fourth-order valence-electron chi connectivity index (χ4n) is 3.31. The fraction of sp³-hybridized carbons (Fsp3) is 0.650. The van der Waals surface area contributed by atoms with Gasteiger partial charge in [-0.25, -0.2) is 9.78 Å². The number of rotatable bonds is 6. The number of carbonyl (C=O) groups excluding carboxylic acids is 1. The molecule has 0 aromatic carbocycles. The van der Waals surface area contributed by atoms with E-state index in [0.29, 0.717) is 45.3 Å². The van der Waals surface area contributed by atoms with Gasteiger partial charge in [0.2, 0.25) is 5.88 Å². The van der Waals surface area contributed by atoms with Gasteiger partial charge in [0.25, 0.3) is 0 Å². The Morgan fingerprint density at radius 2 is 2.10 bits per heavy atom. The highest BCUT2D eigenvalue weighted by atomic mass is 127. The van der Waals surface area contributed by atoms with E-state index in [0.717, 1.165) is 18.1 Å². The number of methoxy groups -OCH3 is 1. The summed E-state index contributed by atoms with van der Waals surface area (Å²) < 4.78 is 16.2. The Hall–Kier alpha value is -1.82. The van der Waals surface area contributed by atoms with Crippen molar-refractivity contribution in [2.75, 3.05) is 46.5 Å². The van der Waals surface area contributed by atoms with Crippen LogP contribution >= 0.6 is 24.0 Å². The van der Waals surface area contributed by atoms with Crippen molar-refractivity contribution >= 4 is 36.0 Å². The quantitative estimate of drug-likeness (QED) is 0.443. The van der Waals surface area contributed by atoms with E-state index in [1.807, 2.05) is 32.9 Å². The van der Waals surface area contributed by atoms with Crippen LogP contribution in [0.25, 0.3) is 0 Å². The molecule has 10 heteroatoms. The van der Waals surface area contributed by atoms with Crippen molar-refractivity contribution in [1.82, 2.24) is 20.1 Å². The van der Waals surface area contributed by atoms with Crippen LogP contribution in [0.4, 0.5) is 4.79 Å². The van der Waals surface area contributed by atoms with E-state index in [2.05, 4.69) is 20.2 Å². The second-order valence-electron chi connectivity index (χ2n) is 8.10. The van der Waals surface area contributed by atoms with Crippen molar-refractivity contribution in [3.63, 3.8) is 0 Å². The van der Waals surface area contributed by atoms with Crippen molar-refractivity contribution in [2.24, 2.45) is 4.99 Å². The Kier molecular flexibility index (Phi) is 8.95. The summed E-state index contributed by atoms with van der Waals surface area (Å²) in [6.45, 7) is 9.79. The molecule has 1 aromatic heterocycles. The molecule has 0 saturated carbocycles. The first-order valence-corrected chi connectivity index (χ1v) is 9.96. The Morgan fingerprint density at radius 1 is 1.30 bits per heavy atom. The molecule has 2 aliphatic rings. The smallest absolute Gasteiger partial charge is 0.410 e. The average Bonchev–Trinajstić information content (AvgIpc) is 3.08. The zero-order valence-corrected chi connectivity index (χ0v) is 20.4. The summed E-state index contributed by atoms with van der Waals surface area (Å²) >= 11 is 0. The summed E-state index contributed by atoms with van der Waals surface area (Å²) in [5.41, 5.74) is 0.474. The minimum atomic E-state index is -0.486. The molecule has 0 radical (unpaired) electrons. The molecule has 168 valence electrons. The van der Waals surface area contributed by atoms with Crippen LogP contribution in [0, 0.1) is 0 Å². The van der Waals surface area contributed by atoms with Gasteiger partial charge in [0.15, 0.2) is 5.96 Å². The maximum Gasteiger partial charge on any atom is 0.410 e. The normalized spacial score (nSPS) is 18.3.